The topological polar surface area (TPSA) is 46.3 Å². The van der Waals surface area contributed by atoms with Crippen LogP contribution in [0.1, 0.15) is 19.3 Å². The summed E-state index contributed by atoms with van der Waals surface area (Å²) < 4.78 is 1.87. The highest BCUT2D eigenvalue weighted by molar-refractivity contribution is 5.59. The van der Waals surface area contributed by atoms with E-state index < -0.39 is 0 Å². The van der Waals surface area contributed by atoms with Crippen LogP contribution in [0.4, 0.5) is 5.82 Å². The summed E-state index contributed by atoms with van der Waals surface area (Å²) in [4.78, 5) is 2.46. The van der Waals surface area contributed by atoms with Crippen LogP contribution in [-0.2, 0) is 0 Å². The lowest BCUT2D eigenvalue weighted by atomic mass is 10.1. The quantitative estimate of drug-likeness (QED) is 0.728. The molecule has 0 spiro atoms. The van der Waals surface area contributed by atoms with Gasteiger partial charge in [0.15, 0.2) is 11.5 Å². The Bertz CT molecular complexity index is 825. The molecule has 1 aliphatic carbocycles. The van der Waals surface area contributed by atoms with Gasteiger partial charge in [-0.25, -0.2) is 0 Å². The summed E-state index contributed by atoms with van der Waals surface area (Å²) >= 11 is 0. The SMILES string of the molecule is c1ccc(-c2nnc3ccc(N4CC5CCC4C5)nn23)cc1. The van der Waals surface area contributed by atoms with Gasteiger partial charge in [0, 0.05) is 18.2 Å². The van der Waals surface area contributed by atoms with Crippen molar-refractivity contribution in [1.29, 1.82) is 0 Å². The van der Waals surface area contributed by atoms with Gasteiger partial charge in [-0.05, 0) is 37.3 Å². The van der Waals surface area contributed by atoms with Crippen molar-refractivity contribution in [2.45, 2.75) is 25.3 Å². The van der Waals surface area contributed by atoms with Crippen LogP contribution in [0.15, 0.2) is 42.5 Å². The first-order valence-electron chi connectivity index (χ1n) is 7.93. The molecule has 2 fully saturated rings. The van der Waals surface area contributed by atoms with Crippen molar-refractivity contribution in [2.75, 3.05) is 11.4 Å². The highest BCUT2D eigenvalue weighted by atomic mass is 15.4. The number of aromatic nitrogens is 4. The van der Waals surface area contributed by atoms with E-state index in [1.54, 1.807) is 0 Å². The monoisotopic (exact) mass is 291 g/mol. The highest BCUT2D eigenvalue weighted by Gasteiger charge is 2.38. The van der Waals surface area contributed by atoms with E-state index in [-0.39, 0.29) is 0 Å². The molecule has 1 aromatic carbocycles. The Hall–Kier alpha value is -2.43. The second-order valence-electron chi connectivity index (χ2n) is 6.34. The molecule has 2 atom stereocenters. The minimum Gasteiger partial charge on any atom is -0.352 e. The largest absolute Gasteiger partial charge is 0.352 e. The van der Waals surface area contributed by atoms with Crippen LogP contribution in [0.3, 0.4) is 0 Å². The molecule has 1 saturated carbocycles. The van der Waals surface area contributed by atoms with Crippen LogP contribution >= 0.6 is 0 Å². The Kier molecular flexibility index (Phi) is 2.50. The first kappa shape index (κ1) is 12.1. The summed E-state index contributed by atoms with van der Waals surface area (Å²) in [6.45, 7) is 1.14. The van der Waals surface area contributed by atoms with Crippen molar-refractivity contribution in [1.82, 2.24) is 19.8 Å². The molecule has 5 nitrogen and oxygen atoms in total. The molecule has 2 unspecified atom stereocenters. The van der Waals surface area contributed by atoms with Crippen LogP contribution < -0.4 is 4.90 Å². The minimum atomic E-state index is 0.673. The molecule has 0 radical (unpaired) electrons. The average molecular weight is 291 g/mol. The Morgan fingerprint density at radius 1 is 0.955 bits per heavy atom. The van der Waals surface area contributed by atoms with E-state index >= 15 is 0 Å². The predicted molar refractivity (Wildman–Crippen MR) is 84.7 cm³/mol. The number of rotatable bonds is 2. The number of hydrogen-bond donors (Lipinski definition) is 0. The van der Waals surface area contributed by atoms with Crippen LogP contribution in [0.25, 0.3) is 17.0 Å². The van der Waals surface area contributed by atoms with Gasteiger partial charge in [-0.1, -0.05) is 30.3 Å². The summed E-state index contributed by atoms with van der Waals surface area (Å²) in [5.74, 6) is 2.72. The predicted octanol–water partition coefficient (Wildman–Crippen LogP) is 2.78. The van der Waals surface area contributed by atoms with E-state index in [9.17, 15) is 0 Å². The van der Waals surface area contributed by atoms with E-state index in [0.717, 1.165) is 35.3 Å². The Morgan fingerprint density at radius 2 is 1.86 bits per heavy atom. The zero-order valence-electron chi connectivity index (χ0n) is 12.3. The van der Waals surface area contributed by atoms with Crippen molar-refractivity contribution >= 4 is 11.5 Å². The number of benzene rings is 1. The standard InChI is InChI=1S/C17H17N5/c1-2-4-13(5-3-1)17-19-18-15-8-9-16(20-22(15)17)21-11-12-6-7-14(21)10-12/h1-5,8-9,12,14H,6-7,10-11H2. The van der Waals surface area contributed by atoms with Crippen molar-refractivity contribution in [3.8, 4) is 11.4 Å². The van der Waals surface area contributed by atoms with Gasteiger partial charge in [-0.3, -0.25) is 0 Å². The summed E-state index contributed by atoms with van der Waals surface area (Å²) in [6, 6.07) is 14.9. The number of fused-ring (bicyclic) bond motifs is 3. The van der Waals surface area contributed by atoms with Gasteiger partial charge < -0.3 is 4.90 Å². The number of piperidine rings is 1. The van der Waals surface area contributed by atoms with Crippen LogP contribution in [0.2, 0.25) is 0 Å². The van der Waals surface area contributed by atoms with Crippen molar-refractivity contribution in [3.05, 3.63) is 42.5 Å². The molecule has 0 N–H and O–H groups in total. The molecule has 110 valence electrons. The fourth-order valence-corrected chi connectivity index (χ4v) is 3.90. The van der Waals surface area contributed by atoms with Crippen LogP contribution in [0.5, 0.6) is 0 Å². The van der Waals surface area contributed by atoms with E-state index in [1.807, 2.05) is 40.9 Å². The first-order valence-corrected chi connectivity index (χ1v) is 7.93. The Balaban J connectivity index is 1.61. The third-order valence-corrected chi connectivity index (χ3v) is 4.98. The molecule has 2 bridgehead atoms. The van der Waals surface area contributed by atoms with Gasteiger partial charge in [0.2, 0.25) is 0 Å². The highest BCUT2D eigenvalue weighted by Crippen LogP contribution is 2.39. The molecule has 22 heavy (non-hydrogen) atoms. The normalized spacial score (nSPS) is 23.5. The second kappa shape index (κ2) is 4.53. The Morgan fingerprint density at radius 3 is 2.64 bits per heavy atom. The molecular formula is C17H17N5. The van der Waals surface area contributed by atoms with Crippen molar-refractivity contribution < 1.29 is 0 Å². The van der Waals surface area contributed by atoms with Gasteiger partial charge in [0.1, 0.15) is 5.82 Å². The molecule has 5 heteroatoms. The summed E-state index contributed by atoms with van der Waals surface area (Å²) in [5.41, 5.74) is 1.84. The lowest BCUT2D eigenvalue weighted by Crippen LogP contribution is -2.32. The molecule has 5 rings (SSSR count). The number of hydrogen-bond acceptors (Lipinski definition) is 4. The number of anilines is 1. The molecule has 3 aromatic rings. The van der Waals surface area contributed by atoms with Gasteiger partial charge in [-0.2, -0.15) is 4.52 Å². The maximum absolute atomic E-state index is 4.83. The summed E-state index contributed by atoms with van der Waals surface area (Å²) in [5, 5.41) is 13.4. The second-order valence-corrected chi connectivity index (χ2v) is 6.34. The third-order valence-electron chi connectivity index (χ3n) is 4.98. The number of nitrogens with zero attached hydrogens (tertiary/aromatic N) is 5. The third kappa shape index (κ3) is 1.75. The first-order chi connectivity index (χ1) is 10.9. The van der Waals surface area contributed by atoms with Crippen molar-refractivity contribution in [3.63, 3.8) is 0 Å². The summed E-state index contributed by atoms with van der Waals surface area (Å²) in [6.07, 6.45) is 4.01. The van der Waals surface area contributed by atoms with Gasteiger partial charge in [0.05, 0.1) is 0 Å². The van der Waals surface area contributed by atoms with E-state index in [2.05, 4.69) is 21.2 Å². The zero-order valence-corrected chi connectivity index (χ0v) is 12.3. The van der Waals surface area contributed by atoms with Gasteiger partial charge in [-0.15, -0.1) is 15.3 Å². The fourth-order valence-electron chi connectivity index (χ4n) is 3.90. The summed E-state index contributed by atoms with van der Waals surface area (Å²) in [7, 11) is 0. The van der Waals surface area contributed by atoms with E-state index in [4.69, 9.17) is 5.10 Å². The molecule has 1 aliphatic heterocycles. The minimum absolute atomic E-state index is 0.673. The maximum Gasteiger partial charge on any atom is 0.185 e. The molecule has 2 aliphatic rings. The molecule has 1 saturated heterocycles. The van der Waals surface area contributed by atoms with Gasteiger partial charge >= 0.3 is 0 Å². The Labute approximate surface area is 128 Å². The maximum atomic E-state index is 4.83. The van der Waals surface area contributed by atoms with Crippen molar-refractivity contribution in [2.24, 2.45) is 5.92 Å². The lowest BCUT2D eigenvalue weighted by Gasteiger charge is -2.27. The molecule has 0 amide bonds. The van der Waals surface area contributed by atoms with Crippen LogP contribution in [-0.4, -0.2) is 32.4 Å². The molecule has 3 heterocycles. The zero-order chi connectivity index (χ0) is 14.5. The average Bonchev–Trinajstić information content (AvgIpc) is 3.30. The lowest BCUT2D eigenvalue weighted by molar-refractivity contribution is 0.548. The smallest absolute Gasteiger partial charge is 0.185 e. The fraction of sp³-hybridized carbons (Fsp3) is 0.353. The molecular weight excluding hydrogens is 274 g/mol. The van der Waals surface area contributed by atoms with E-state index in [1.165, 1.54) is 19.3 Å². The van der Waals surface area contributed by atoms with E-state index in [0.29, 0.717) is 6.04 Å². The molecule has 2 aromatic heterocycles. The van der Waals surface area contributed by atoms with Crippen LogP contribution in [0, 0.1) is 5.92 Å². The van der Waals surface area contributed by atoms with Gasteiger partial charge in [0.25, 0.3) is 0 Å².